The van der Waals surface area contributed by atoms with Crippen molar-refractivity contribution < 1.29 is 31.5 Å². The predicted molar refractivity (Wildman–Crippen MR) is 71.8 cm³/mol. The van der Waals surface area contributed by atoms with E-state index in [2.05, 4.69) is 4.74 Å². The number of carbonyl (C=O) groups is 2. The number of hydrogen-bond donors (Lipinski definition) is 0. The van der Waals surface area contributed by atoms with Crippen molar-refractivity contribution in [2.45, 2.75) is 29.2 Å². The largest absolute Gasteiger partial charge is 0.466 e. The minimum Gasteiger partial charge on any atom is -0.466 e. The van der Waals surface area contributed by atoms with Gasteiger partial charge in [0, 0.05) is 18.8 Å². The highest BCUT2D eigenvalue weighted by Crippen LogP contribution is 2.42. The van der Waals surface area contributed by atoms with Gasteiger partial charge in [-0.05, 0) is 24.6 Å². The monoisotopic (exact) mass is 332 g/mol. The van der Waals surface area contributed by atoms with Gasteiger partial charge in [0.1, 0.15) is 11.6 Å². The van der Waals surface area contributed by atoms with Crippen LogP contribution in [0, 0.1) is 11.7 Å². The fourth-order valence-electron chi connectivity index (χ4n) is 2.57. The SMILES string of the molecule is COC(=O)C(F)(C1CCC(=O)C1)S(=O)(=O)c1cccc(F)c1. The zero-order chi connectivity index (χ0) is 16.5. The number of ether oxygens (including phenoxy) is 1. The van der Waals surface area contributed by atoms with E-state index in [-0.39, 0.29) is 25.0 Å². The Bertz CT molecular complexity index is 716. The lowest BCUT2D eigenvalue weighted by molar-refractivity contribution is -0.151. The molecule has 0 aromatic heterocycles. The van der Waals surface area contributed by atoms with Crippen LogP contribution < -0.4 is 0 Å². The van der Waals surface area contributed by atoms with Gasteiger partial charge in [-0.1, -0.05) is 6.07 Å². The molecule has 1 aliphatic carbocycles. The molecule has 0 saturated heterocycles. The summed E-state index contributed by atoms with van der Waals surface area (Å²) >= 11 is 0. The van der Waals surface area contributed by atoms with Crippen molar-refractivity contribution >= 4 is 21.6 Å². The second-order valence-corrected chi connectivity index (χ2v) is 7.15. The molecule has 0 N–H and O–H groups in total. The Labute approximate surface area is 126 Å². The number of halogens is 2. The average molecular weight is 332 g/mol. The first-order valence-electron chi connectivity index (χ1n) is 6.52. The summed E-state index contributed by atoms with van der Waals surface area (Å²) < 4.78 is 58.0. The molecule has 22 heavy (non-hydrogen) atoms. The molecule has 1 aromatic carbocycles. The number of alkyl halides is 1. The lowest BCUT2D eigenvalue weighted by Crippen LogP contribution is -2.48. The van der Waals surface area contributed by atoms with Gasteiger partial charge in [0.15, 0.2) is 0 Å². The van der Waals surface area contributed by atoms with Gasteiger partial charge in [0.05, 0.1) is 12.0 Å². The first-order chi connectivity index (χ1) is 10.2. The molecule has 1 saturated carbocycles. The highest BCUT2D eigenvalue weighted by molar-refractivity contribution is 7.93. The van der Waals surface area contributed by atoms with Gasteiger partial charge in [-0.3, -0.25) is 4.79 Å². The molecule has 1 fully saturated rings. The van der Waals surface area contributed by atoms with Crippen molar-refractivity contribution in [3.8, 4) is 0 Å². The first-order valence-corrected chi connectivity index (χ1v) is 8.01. The van der Waals surface area contributed by atoms with Gasteiger partial charge in [-0.2, -0.15) is 0 Å². The highest BCUT2D eigenvalue weighted by Gasteiger charge is 2.60. The third-order valence-electron chi connectivity index (χ3n) is 3.73. The van der Waals surface area contributed by atoms with E-state index in [0.717, 1.165) is 25.3 Å². The van der Waals surface area contributed by atoms with Crippen LogP contribution in [0.4, 0.5) is 8.78 Å². The van der Waals surface area contributed by atoms with E-state index in [9.17, 15) is 22.4 Å². The molecule has 8 heteroatoms. The van der Waals surface area contributed by atoms with Crippen LogP contribution >= 0.6 is 0 Å². The van der Waals surface area contributed by atoms with Crippen LogP contribution in [0.1, 0.15) is 19.3 Å². The number of esters is 1. The number of benzene rings is 1. The summed E-state index contributed by atoms with van der Waals surface area (Å²) in [6.45, 7) is 0. The maximum atomic E-state index is 15.3. The number of carbonyl (C=O) groups excluding carboxylic acids is 2. The fraction of sp³-hybridized carbons (Fsp3) is 0.429. The molecule has 2 unspecified atom stereocenters. The Morgan fingerprint density at radius 2 is 2.09 bits per heavy atom. The standard InChI is InChI=1S/C14H14F2O5S/c1-21-13(18)14(16,9-5-6-11(17)7-9)22(19,20)12-4-2-3-10(15)8-12/h2-4,8-9H,5-7H2,1H3. The fourth-order valence-corrected chi connectivity index (χ4v) is 4.38. The molecule has 0 amide bonds. The van der Waals surface area contributed by atoms with Gasteiger partial charge in [-0.25, -0.2) is 22.0 Å². The van der Waals surface area contributed by atoms with Crippen LogP contribution in [0.5, 0.6) is 0 Å². The van der Waals surface area contributed by atoms with Crippen molar-refractivity contribution in [3.63, 3.8) is 0 Å². The molecule has 120 valence electrons. The van der Waals surface area contributed by atoms with E-state index >= 15 is 4.39 Å². The maximum absolute atomic E-state index is 15.3. The van der Waals surface area contributed by atoms with Crippen LogP contribution in [0.3, 0.4) is 0 Å². The van der Waals surface area contributed by atoms with Crippen molar-refractivity contribution in [1.29, 1.82) is 0 Å². The van der Waals surface area contributed by atoms with E-state index < -0.39 is 37.4 Å². The molecule has 0 aliphatic heterocycles. The molecule has 0 spiro atoms. The molecule has 5 nitrogen and oxygen atoms in total. The quantitative estimate of drug-likeness (QED) is 0.786. The smallest absolute Gasteiger partial charge is 0.360 e. The predicted octanol–water partition coefficient (Wildman–Crippen LogP) is 1.81. The van der Waals surface area contributed by atoms with Gasteiger partial charge in [0.25, 0.3) is 0 Å². The van der Waals surface area contributed by atoms with E-state index in [4.69, 9.17) is 0 Å². The Hall–Kier alpha value is -1.83. The lowest BCUT2D eigenvalue weighted by Gasteiger charge is -2.27. The Kier molecular flexibility index (Phi) is 4.32. The molecule has 2 rings (SSSR count). The average Bonchev–Trinajstić information content (AvgIpc) is 2.92. The number of Topliss-reactive ketones (excluding diaryl/α,β-unsaturated/α-hetero) is 1. The summed E-state index contributed by atoms with van der Waals surface area (Å²) in [7, 11) is -4.02. The summed E-state index contributed by atoms with van der Waals surface area (Å²) in [5.41, 5.74) is 0. The molecular formula is C14H14F2O5S. The molecule has 0 radical (unpaired) electrons. The third kappa shape index (κ3) is 2.51. The molecule has 1 aliphatic rings. The molecule has 2 atom stereocenters. The minimum absolute atomic E-state index is 0.00793. The zero-order valence-corrected chi connectivity index (χ0v) is 12.5. The summed E-state index contributed by atoms with van der Waals surface area (Å²) in [6.07, 6.45) is -0.467. The number of ketones is 1. The number of methoxy groups -OCH3 is 1. The van der Waals surface area contributed by atoms with Crippen LogP contribution in [-0.2, 0) is 24.2 Å². The Morgan fingerprint density at radius 1 is 1.41 bits per heavy atom. The van der Waals surface area contributed by atoms with Crippen LogP contribution in [0.15, 0.2) is 29.2 Å². The maximum Gasteiger partial charge on any atom is 0.360 e. The van der Waals surface area contributed by atoms with E-state index in [1.54, 1.807) is 0 Å². The number of sulfone groups is 1. The van der Waals surface area contributed by atoms with Crippen LogP contribution in [0.2, 0.25) is 0 Å². The topological polar surface area (TPSA) is 77.5 Å². The summed E-state index contributed by atoms with van der Waals surface area (Å²) in [5, 5.41) is -3.41. The normalized spacial score (nSPS) is 21.4. The minimum atomic E-state index is -4.87. The van der Waals surface area contributed by atoms with Crippen molar-refractivity contribution in [1.82, 2.24) is 0 Å². The lowest BCUT2D eigenvalue weighted by atomic mass is 10.0. The zero-order valence-electron chi connectivity index (χ0n) is 11.7. The molecular weight excluding hydrogens is 318 g/mol. The van der Waals surface area contributed by atoms with Gasteiger partial charge >= 0.3 is 11.0 Å². The summed E-state index contributed by atoms with van der Waals surface area (Å²) in [6, 6.07) is 3.71. The van der Waals surface area contributed by atoms with Crippen molar-refractivity contribution in [2.24, 2.45) is 5.92 Å². The molecule has 0 bridgehead atoms. The Morgan fingerprint density at radius 3 is 2.59 bits per heavy atom. The number of rotatable bonds is 4. The third-order valence-corrected chi connectivity index (χ3v) is 5.89. The van der Waals surface area contributed by atoms with Crippen molar-refractivity contribution in [3.05, 3.63) is 30.1 Å². The van der Waals surface area contributed by atoms with E-state index in [1.165, 1.54) is 0 Å². The second-order valence-electron chi connectivity index (χ2n) is 5.08. The van der Waals surface area contributed by atoms with Crippen molar-refractivity contribution in [2.75, 3.05) is 7.11 Å². The van der Waals surface area contributed by atoms with Gasteiger partial charge in [-0.15, -0.1) is 0 Å². The molecule has 0 heterocycles. The summed E-state index contributed by atoms with van der Waals surface area (Å²) in [4.78, 5) is 22.5. The van der Waals surface area contributed by atoms with Gasteiger partial charge < -0.3 is 4.74 Å². The second kappa shape index (κ2) is 5.75. The van der Waals surface area contributed by atoms with E-state index in [1.807, 2.05) is 0 Å². The number of hydrogen-bond acceptors (Lipinski definition) is 5. The van der Waals surface area contributed by atoms with Crippen LogP contribution in [-0.4, -0.2) is 32.3 Å². The first kappa shape index (κ1) is 16.5. The molecule has 1 aromatic rings. The summed E-state index contributed by atoms with van der Waals surface area (Å²) in [5.74, 6) is -4.15. The highest BCUT2D eigenvalue weighted by atomic mass is 32.2. The van der Waals surface area contributed by atoms with Crippen LogP contribution in [0.25, 0.3) is 0 Å². The van der Waals surface area contributed by atoms with Gasteiger partial charge in [0.2, 0.25) is 9.84 Å². The Balaban J connectivity index is 2.58. The van der Waals surface area contributed by atoms with E-state index in [0.29, 0.717) is 6.07 Å².